The van der Waals surface area contributed by atoms with Crippen LogP contribution in [0.15, 0.2) is 0 Å². The van der Waals surface area contributed by atoms with Gasteiger partial charge in [-0.05, 0) is 31.1 Å². The molecule has 3 heteroatoms. The first kappa shape index (κ1) is 12.5. The van der Waals surface area contributed by atoms with Gasteiger partial charge in [-0.15, -0.1) is 0 Å². The monoisotopic (exact) mass is 212 g/mol. The third kappa shape index (κ3) is 3.82. The summed E-state index contributed by atoms with van der Waals surface area (Å²) in [6, 6.07) is 0.0223. The van der Waals surface area contributed by atoms with Gasteiger partial charge in [-0.2, -0.15) is 0 Å². The first-order valence-corrected chi connectivity index (χ1v) is 6.00. The van der Waals surface area contributed by atoms with Crippen LogP contribution in [0.3, 0.4) is 0 Å². The molecule has 1 aliphatic carbocycles. The van der Waals surface area contributed by atoms with Crippen molar-refractivity contribution >= 4 is 5.91 Å². The molecule has 0 bridgehead atoms. The SMILES string of the molecule is CCCC(N)C(=O)NC1CCC(C)(C)C1. The Morgan fingerprint density at radius 2 is 2.27 bits per heavy atom. The summed E-state index contributed by atoms with van der Waals surface area (Å²) in [6.07, 6.45) is 5.11. The van der Waals surface area contributed by atoms with E-state index in [-0.39, 0.29) is 11.9 Å². The fraction of sp³-hybridized carbons (Fsp3) is 0.917. The molecule has 2 unspecified atom stereocenters. The molecule has 0 saturated heterocycles. The average Bonchev–Trinajstić information content (AvgIpc) is 2.46. The van der Waals surface area contributed by atoms with Crippen molar-refractivity contribution in [3.8, 4) is 0 Å². The van der Waals surface area contributed by atoms with E-state index in [0.29, 0.717) is 11.5 Å². The minimum atomic E-state index is -0.321. The lowest BCUT2D eigenvalue weighted by Gasteiger charge is -2.19. The molecule has 0 radical (unpaired) electrons. The minimum Gasteiger partial charge on any atom is -0.352 e. The molecule has 1 amide bonds. The zero-order chi connectivity index (χ0) is 11.5. The number of carbonyl (C=O) groups excluding carboxylic acids is 1. The van der Waals surface area contributed by atoms with Crippen molar-refractivity contribution in [2.24, 2.45) is 11.1 Å². The van der Waals surface area contributed by atoms with Crippen LogP contribution in [0.4, 0.5) is 0 Å². The van der Waals surface area contributed by atoms with Crippen LogP contribution in [-0.2, 0) is 4.79 Å². The maximum absolute atomic E-state index is 11.7. The third-order valence-corrected chi connectivity index (χ3v) is 3.25. The van der Waals surface area contributed by atoms with E-state index in [1.54, 1.807) is 0 Å². The number of rotatable bonds is 4. The van der Waals surface area contributed by atoms with Crippen molar-refractivity contribution in [3.05, 3.63) is 0 Å². The lowest BCUT2D eigenvalue weighted by Crippen LogP contribution is -2.44. The predicted molar refractivity (Wildman–Crippen MR) is 62.4 cm³/mol. The van der Waals surface area contributed by atoms with Gasteiger partial charge in [0.2, 0.25) is 5.91 Å². The van der Waals surface area contributed by atoms with E-state index in [0.717, 1.165) is 25.7 Å². The largest absolute Gasteiger partial charge is 0.352 e. The Labute approximate surface area is 92.8 Å². The lowest BCUT2D eigenvalue weighted by atomic mass is 9.92. The lowest BCUT2D eigenvalue weighted by molar-refractivity contribution is -0.123. The molecule has 88 valence electrons. The van der Waals surface area contributed by atoms with E-state index in [1.165, 1.54) is 6.42 Å². The van der Waals surface area contributed by atoms with Crippen LogP contribution in [0.1, 0.15) is 52.9 Å². The summed E-state index contributed by atoms with van der Waals surface area (Å²) in [7, 11) is 0. The van der Waals surface area contributed by atoms with Crippen molar-refractivity contribution in [2.75, 3.05) is 0 Å². The van der Waals surface area contributed by atoms with Gasteiger partial charge in [-0.3, -0.25) is 4.79 Å². The molecule has 0 aromatic rings. The third-order valence-electron chi connectivity index (χ3n) is 3.25. The number of carbonyl (C=O) groups is 1. The fourth-order valence-corrected chi connectivity index (χ4v) is 2.31. The van der Waals surface area contributed by atoms with Crippen molar-refractivity contribution in [1.82, 2.24) is 5.32 Å². The van der Waals surface area contributed by atoms with Gasteiger partial charge >= 0.3 is 0 Å². The van der Waals surface area contributed by atoms with Crippen molar-refractivity contribution in [2.45, 2.75) is 65.0 Å². The van der Waals surface area contributed by atoms with Crippen molar-refractivity contribution in [3.63, 3.8) is 0 Å². The number of amides is 1. The van der Waals surface area contributed by atoms with Gasteiger partial charge in [0, 0.05) is 6.04 Å². The Hall–Kier alpha value is -0.570. The highest BCUT2D eigenvalue weighted by atomic mass is 16.2. The Bertz CT molecular complexity index is 226. The normalized spacial score (nSPS) is 26.3. The summed E-state index contributed by atoms with van der Waals surface area (Å²) >= 11 is 0. The predicted octanol–water partition coefficient (Wildman–Crippen LogP) is 1.81. The first-order valence-electron chi connectivity index (χ1n) is 6.00. The molecular formula is C12H24N2O. The fourth-order valence-electron chi connectivity index (χ4n) is 2.31. The van der Waals surface area contributed by atoms with Crippen LogP contribution < -0.4 is 11.1 Å². The highest BCUT2D eigenvalue weighted by Gasteiger charge is 2.32. The number of hydrogen-bond donors (Lipinski definition) is 2. The minimum absolute atomic E-state index is 0.0274. The van der Waals surface area contributed by atoms with Gasteiger partial charge in [-0.25, -0.2) is 0 Å². The molecule has 0 aromatic heterocycles. The van der Waals surface area contributed by atoms with Gasteiger partial charge in [0.1, 0.15) is 0 Å². The smallest absolute Gasteiger partial charge is 0.237 e. The van der Waals surface area contributed by atoms with Crippen LogP contribution in [-0.4, -0.2) is 18.0 Å². The molecule has 3 N–H and O–H groups in total. The quantitative estimate of drug-likeness (QED) is 0.746. The number of nitrogens with one attached hydrogen (secondary N) is 1. The Morgan fingerprint density at radius 3 is 2.73 bits per heavy atom. The maximum Gasteiger partial charge on any atom is 0.237 e. The highest BCUT2D eigenvalue weighted by Crippen LogP contribution is 2.36. The Morgan fingerprint density at radius 1 is 1.60 bits per heavy atom. The molecule has 3 nitrogen and oxygen atoms in total. The second-order valence-corrected chi connectivity index (χ2v) is 5.51. The second kappa shape index (κ2) is 4.97. The molecule has 1 rings (SSSR count). The van der Waals surface area contributed by atoms with Gasteiger partial charge in [0.15, 0.2) is 0 Å². The summed E-state index contributed by atoms with van der Waals surface area (Å²) in [4.78, 5) is 11.7. The average molecular weight is 212 g/mol. The molecule has 2 atom stereocenters. The first-order chi connectivity index (χ1) is 6.94. The molecule has 0 spiro atoms. The van der Waals surface area contributed by atoms with Gasteiger partial charge < -0.3 is 11.1 Å². The number of hydrogen-bond acceptors (Lipinski definition) is 2. The van der Waals surface area contributed by atoms with E-state index in [9.17, 15) is 4.79 Å². The molecular weight excluding hydrogens is 188 g/mol. The Balaban J connectivity index is 2.33. The van der Waals surface area contributed by atoms with Crippen LogP contribution >= 0.6 is 0 Å². The highest BCUT2D eigenvalue weighted by molar-refractivity contribution is 5.81. The van der Waals surface area contributed by atoms with Crippen LogP contribution in [0.25, 0.3) is 0 Å². The summed E-state index contributed by atoms with van der Waals surface area (Å²) in [5.74, 6) is 0.0274. The zero-order valence-corrected chi connectivity index (χ0v) is 10.2. The summed E-state index contributed by atoms with van der Waals surface area (Å²) in [6.45, 7) is 6.56. The molecule has 15 heavy (non-hydrogen) atoms. The summed E-state index contributed by atoms with van der Waals surface area (Å²) in [5, 5.41) is 3.06. The maximum atomic E-state index is 11.7. The Kier molecular flexibility index (Phi) is 4.14. The van der Waals surface area contributed by atoms with E-state index in [2.05, 4.69) is 19.2 Å². The van der Waals surface area contributed by atoms with E-state index >= 15 is 0 Å². The van der Waals surface area contributed by atoms with E-state index in [4.69, 9.17) is 5.73 Å². The summed E-state index contributed by atoms with van der Waals surface area (Å²) in [5.41, 5.74) is 6.14. The second-order valence-electron chi connectivity index (χ2n) is 5.51. The molecule has 0 aliphatic heterocycles. The molecule has 1 fully saturated rings. The van der Waals surface area contributed by atoms with Crippen LogP contribution in [0.2, 0.25) is 0 Å². The zero-order valence-electron chi connectivity index (χ0n) is 10.2. The number of nitrogens with two attached hydrogens (primary N) is 1. The molecule has 0 aromatic carbocycles. The molecule has 0 heterocycles. The van der Waals surface area contributed by atoms with E-state index < -0.39 is 0 Å². The molecule has 1 saturated carbocycles. The van der Waals surface area contributed by atoms with E-state index in [1.807, 2.05) is 6.92 Å². The van der Waals surface area contributed by atoms with Gasteiger partial charge in [0.25, 0.3) is 0 Å². The van der Waals surface area contributed by atoms with Crippen molar-refractivity contribution < 1.29 is 4.79 Å². The summed E-state index contributed by atoms with van der Waals surface area (Å²) < 4.78 is 0. The molecule has 1 aliphatic rings. The van der Waals surface area contributed by atoms with Gasteiger partial charge in [-0.1, -0.05) is 27.2 Å². The standard InChI is InChI=1S/C12H24N2O/c1-4-5-10(13)11(15)14-9-6-7-12(2,3)8-9/h9-10H,4-8,13H2,1-3H3,(H,14,15). The topological polar surface area (TPSA) is 55.1 Å². The van der Waals surface area contributed by atoms with Crippen LogP contribution in [0, 0.1) is 5.41 Å². The van der Waals surface area contributed by atoms with Crippen molar-refractivity contribution in [1.29, 1.82) is 0 Å². The van der Waals surface area contributed by atoms with Gasteiger partial charge in [0.05, 0.1) is 6.04 Å². The van der Waals surface area contributed by atoms with Crippen LogP contribution in [0.5, 0.6) is 0 Å².